The quantitative estimate of drug-likeness (QED) is 0.107. The van der Waals surface area contributed by atoms with Crippen LogP contribution in [0, 0.1) is 27.3 Å². The number of carbonyl (C=O) groups is 1. The fourth-order valence-corrected chi connectivity index (χ4v) is 4.56. The van der Waals surface area contributed by atoms with Crippen molar-refractivity contribution in [3.05, 3.63) is 129 Å². The highest BCUT2D eigenvalue weighted by molar-refractivity contribution is 5.74. The number of hydrogen-bond acceptors (Lipinski definition) is 10. The van der Waals surface area contributed by atoms with Gasteiger partial charge in [0.2, 0.25) is 5.88 Å². The first-order valence-corrected chi connectivity index (χ1v) is 13.1. The van der Waals surface area contributed by atoms with Crippen LogP contribution in [0.3, 0.4) is 0 Å². The number of halogens is 1. The maximum absolute atomic E-state index is 14.1. The van der Waals surface area contributed by atoms with Crippen LogP contribution in [0.4, 0.5) is 10.1 Å². The van der Waals surface area contributed by atoms with Gasteiger partial charge in [0.1, 0.15) is 41.3 Å². The van der Waals surface area contributed by atoms with E-state index >= 15 is 0 Å². The lowest BCUT2D eigenvalue weighted by molar-refractivity contribution is -0.384. The van der Waals surface area contributed by atoms with Crippen LogP contribution >= 0.6 is 0 Å². The zero-order valence-electron chi connectivity index (χ0n) is 23.2. The van der Waals surface area contributed by atoms with Gasteiger partial charge in [-0.15, -0.1) is 0 Å². The Morgan fingerprint density at radius 3 is 2.48 bits per heavy atom. The van der Waals surface area contributed by atoms with E-state index in [-0.39, 0.29) is 46.8 Å². The minimum absolute atomic E-state index is 0.0147. The molecule has 11 nitrogen and oxygen atoms in total. The number of benzene rings is 4. The third kappa shape index (κ3) is 6.37. The van der Waals surface area contributed by atoms with Crippen molar-refractivity contribution in [2.75, 3.05) is 13.7 Å². The summed E-state index contributed by atoms with van der Waals surface area (Å²) in [5.41, 5.74) is 7.79. The van der Waals surface area contributed by atoms with E-state index in [0.29, 0.717) is 28.2 Å². The minimum Gasteiger partial charge on any atom is -0.493 e. The van der Waals surface area contributed by atoms with E-state index in [1.807, 2.05) is 0 Å². The number of nitro benzene ring substituents is 1. The summed E-state index contributed by atoms with van der Waals surface area (Å²) in [5.74, 6) is -0.473. The molecule has 4 aromatic carbocycles. The van der Waals surface area contributed by atoms with Gasteiger partial charge in [0.15, 0.2) is 18.1 Å². The van der Waals surface area contributed by atoms with Crippen molar-refractivity contribution >= 4 is 11.7 Å². The third-order valence-corrected chi connectivity index (χ3v) is 6.69. The number of non-ortho nitro benzene ring substituents is 1. The van der Waals surface area contributed by atoms with Gasteiger partial charge in [0.25, 0.3) is 5.69 Å². The predicted molar refractivity (Wildman–Crippen MR) is 154 cm³/mol. The molecule has 0 aliphatic carbocycles. The van der Waals surface area contributed by atoms with Crippen LogP contribution in [-0.4, -0.2) is 24.6 Å². The van der Waals surface area contributed by atoms with Gasteiger partial charge in [-0.2, -0.15) is 5.26 Å². The summed E-state index contributed by atoms with van der Waals surface area (Å²) in [6, 6.07) is 23.4. The highest BCUT2D eigenvalue weighted by atomic mass is 19.1. The van der Waals surface area contributed by atoms with Crippen molar-refractivity contribution in [3.8, 4) is 34.8 Å². The molecule has 0 radical (unpaired) electrons. The first-order valence-electron chi connectivity index (χ1n) is 13.1. The lowest BCUT2D eigenvalue weighted by Crippen LogP contribution is -2.22. The molecule has 1 unspecified atom stereocenters. The van der Waals surface area contributed by atoms with Crippen molar-refractivity contribution in [2.45, 2.75) is 12.5 Å². The van der Waals surface area contributed by atoms with Gasteiger partial charge < -0.3 is 29.4 Å². The van der Waals surface area contributed by atoms with Gasteiger partial charge in [-0.1, -0.05) is 30.3 Å². The van der Waals surface area contributed by atoms with Crippen molar-refractivity contribution in [3.63, 3.8) is 0 Å². The normalized spacial score (nSPS) is 13.6. The highest BCUT2D eigenvalue weighted by Gasteiger charge is 2.32. The van der Waals surface area contributed by atoms with Crippen LogP contribution < -0.4 is 29.4 Å². The monoisotopic (exact) mass is 597 g/mol. The van der Waals surface area contributed by atoms with Gasteiger partial charge in [0.05, 0.1) is 18.0 Å². The number of fused-ring (bicyclic) bond motifs is 1. The Morgan fingerprint density at radius 2 is 1.77 bits per heavy atom. The molecule has 12 heteroatoms. The maximum Gasteiger partial charge on any atom is 0.349 e. The van der Waals surface area contributed by atoms with E-state index in [0.717, 1.165) is 0 Å². The van der Waals surface area contributed by atoms with Gasteiger partial charge in [-0.3, -0.25) is 10.1 Å². The number of allylic oxidation sites excluding steroid dienone is 1. The number of carbonyl (C=O) groups excluding carboxylic acids is 1. The molecule has 1 atom stereocenters. The summed E-state index contributed by atoms with van der Waals surface area (Å²) in [6.45, 7) is -0.469. The number of nitrogens with zero attached hydrogens (tertiary/aromatic N) is 2. The molecule has 5 rings (SSSR count). The molecule has 1 aliphatic rings. The summed E-state index contributed by atoms with van der Waals surface area (Å²) >= 11 is 0. The average Bonchev–Trinajstić information content (AvgIpc) is 3.02. The molecule has 1 aliphatic heterocycles. The number of esters is 1. The smallest absolute Gasteiger partial charge is 0.349 e. The molecule has 0 amide bonds. The fraction of sp³-hybridized carbons (Fsp3) is 0.125. The second-order valence-corrected chi connectivity index (χ2v) is 9.43. The second kappa shape index (κ2) is 12.8. The van der Waals surface area contributed by atoms with Crippen LogP contribution in [0.15, 0.2) is 96.4 Å². The lowest BCUT2D eigenvalue weighted by Gasteiger charge is -2.27. The van der Waals surface area contributed by atoms with Crippen LogP contribution in [0.1, 0.15) is 22.6 Å². The molecule has 0 bridgehead atoms. The van der Waals surface area contributed by atoms with Crippen LogP contribution in [-0.2, 0) is 11.4 Å². The molecule has 0 saturated heterocycles. The first kappa shape index (κ1) is 29.4. The Bertz CT molecular complexity index is 1800. The summed E-state index contributed by atoms with van der Waals surface area (Å²) in [7, 11) is 1.47. The van der Waals surface area contributed by atoms with Gasteiger partial charge >= 0.3 is 5.97 Å². The standard InChI is InChI=1S/C32H24FN3O8/c1-40-29-14-19(6-13-27(29)42-17-20-4-2-3-5-26(20)33)31-24-12-11-23(15-28(24)44-32(35)25(31)16-34)43-30(37)18-41-22-9-7-21(8-10-22)36(38)39/h2-15,31H,17-18,35H2,1H3. The largest absolute Gasteiger partial charge is 0.493 e. The Hall–Kier alpha value is -6.09. The van der Waals surface area contributed by atoms with Gasteiger partial charge in [-0.25, -0.2) is 9.18 Å². The van der Waals surface area contributed by atoms with E-state index in [1.54, 1.807) is 48.5 Å². The molecular weight excluding hydrogens is 573 g/mol. The van der Waals surface area contributed by atoms with E-state index in [4.69, 9.17) is 29.4 Å². The Labute approximate surface area is 250 Å². The molecule has 0 saturated carbocycles. The molecule has 2 N–H and O–H groups in total. The average molecular weight is 598 g/mol. The number of nitriles is 1. The van der Waals surface area contributed by atoms with Crippen molar-refractivity contribution in [2.24, 2.45) is 5.73 Å². The van der Waals surface area contributed by atoms with Crippen molar-refractivity contribution in [1.82, 2.24) is 0 Å². The zero-order valence-corrected chi connectivity index (χ0v) is 23.2. The summed E-state index contributed by atoms with van der Waals surface area (Å²) in [4.78, 5) is 22.7. The number of ether oxygens (including phenoxy) is 5. The molecule has 44 heavy (non-hydrogen) atoms. The molecular formula is C32H24FN3O8. The predicted octanol–water partition coefficient (Wildman–Crippen LogP) is 5.52. The van der Waals surface area contributed by atoms with Crippen LogP contribution in [0.25, 0.3) is 0 Å². The minimum atomic E-state index is -0.729. The topological polar surface area (TPSA) is 156 Å². The Kier molecular flexibility index (Phi) is 8.57. The maximum atomic E-state index is 14.1. The van der Waals surface area contributed by atoms with Crippen molar-refractivity contribution in [1.29, 1.82) is 5.26 Å². The second-order valence-electron chi connectivity index (χ2n) is 9.43. The van der Waals surface area contributed by atoms with E-state index in [2.05, 4.69) is 6.07 Å². The molecule has 4 aromatic rings. The van der Waals surface area contributed by atoms with Crippen molar-refractivity contribution < 1.29 is 37.8 Å². The Morgan fingerprint density at radius 1 is 1.02 bits per heavy atom. The molecule has 0 spiro atoms. The summed E-state index contributed by atoms with van der Waals surface area (Å²) in [5, 5.41) is 20.7. The van der Waals surface area contributed by atoms with E-state index in [1.165, 1.54) is 43.5 Å². The fourth-order valence-electron chi connectivity index (χ4n) is 4.56. The first-order chi connectivity index (χ1) is 21.3. The Balaban J connectivity index is 1.33. The molecule has 1 heterocycles. The molecule has 0 aromatic heterocycles. The van der Waals surface area contributed by atoms with Gasteiger partial charge in [-0.05, 0) is 42.0 Å². The number of hydrogen-bond donors (Lipinski definition) is 1. The summed E-state index contributed by atoms with van der Waals surface area (Å²) < 4.78 is 41.9. The van der Waals surface area contributed by atoms with Crippen LogP contribution in [0.2, 0.25) is 0 Å². The highest BCUT2D eigenvalue weighted by Crippen LogP contribution is 2.45. The van der Waals surface area contributed by atoms with E-state index < -0.39 is 23.4 Å². The number of rotatable bonds is 10. The third-order valence-electron chi connectivity index (χ3n) is 6.69. The van der Waals surface area contributed by atoms with Crippen LogP contribution in [0.5, 0.6) is 28.7 Å². The SMILES string of the molecule is COc1cc(C2C(C#N)=C(N)Oc3cc(OC(=O)COc4ccc([N+](=O)[O-])cc4)ccc32)ccc1OCc1ccccc1F. The summed E-state index contributed by atoms with van der Waals surface area (Å²) in [6.07, 6.45) is 0. The van der Waals surface area contributed by atoms with E-state index in [9.17, 15) is 24.6 Å². The zero-order chi connectivity index (χ0) is 31.2. The molecule has 222 valence electrons. The number of nitro groups is 1. The lowest BCUT2D eigenvalue weighted by atomic mass is 9.83. The molecule has 0 fully saturated rings. The number of methoxy groups -OCH3 is 1. The number of nitrogens with two attached hydrogens (primary N) is 1. The van der Waals surface area contributed by atoms with Gasteiger partial charge in [0, 0.05) is 29.3 Å².